The molecule has 1 aromatic rings. The molecule has 0 amide bonds. The zero-order valence-electron chi connectivity index (χ0n) is 10.8. The molecule has 2 atom stereocenters. The van der Waals surface area contributed by atoms with Gasteiger partial charge in [0, 0.05) is 0 Å². The van der Waals surface area contributed by atoms with E-state index in [9.17, 15) is 0 Å². The predicted molar refractivity (Wildman–Crippen MR) is 68.4 cm³/mol. The lowest BCUT2D eigenvalue weighted by molar-refractivity contribution is -0.0111. The normalized spacial score (nSPS) is 14.4. The molecule has 3 nitrogen and oxygen atoms in total. The van der Waals surface area contributed by atoms with Gasteiger partial charge in [0.05, 0.1) is 19.3 Å². The van der Waals surface area contributed by atoms with Gasteiger partial charge in [-0.3, -0.25) is 0 Å². The Morgan fingerprint density at radius 2 is 1.88 bits per heavy atom. The second-order valence-corrected chi connectivity index (χ2v) is 4.22. The van der Waals surface area contributed by atoms with Crippen LogP contribution >= 0.6 is 0 Å². The molecule has 0 aliphatic rings. The van der Waals surface area contributed by atoms with E-state index >= 15 is 0 Å². The zero-order valence-corrected chi connectivity index (χ0v) is 10.8. The van der Waals surface area contributed by atoms with E-state index in [2.05, 4.69) is 13.0 Å². The molecule has 0 bridgehead atoms. The molecule has 0 saturated carbocycles. The fourth-order valence-corrected chi connectivity index (χ4v) is 1.51. The highest BCUT2D eigenvalue weighted by Crippen LogP contribution is 2.19. The van der Waals surface area contributed by atoms with Crippen molar-refractivity contribution in [2.45, 2.75) is 39.4 Å². The van der Waals surface area contributed by atoms with Crippen LogP contribution in [0.2, 0.25) is 0 Å². The molecule has 0 aliphatic heterocycles. The van der Waals surface area contributed by atoms with Gasteiger partial charge in [-0.25, -0.2) is 0 Å². The third-order valence-corrected chi connectivity index (χ3v) is 2.55. The molecule has 2 unspecified atom stereocenters. The Morgan fingerprint density at radius 1 is 1.18 bits per heavy atom. The van der Waals surface area contributed by atoms with Crippen molar-refractivity contribution in [1.82, 2.24) is 0 Å². The van der Waals surface area contributed by atoms with Gasteiger partial charge >= 0.3 is 0 Å². The molecule has 1 N–H and O–H groups in total. The number of para-hydroxylation sites is 1. The number of ether oxygens (including phenoxy) is 2. The van der Waals surface area contributed by atoms with Crippen molar-refractivity contribution in [2.24, 2.45) is 0 Å². The molecule has 0 aromatic heterocycles. The average molecular weight is 238 g/mol. The first-order valence-electron chi connectivity index (χ1n) is 6.14. The van der Waals surface area contributed by atoms with Crippen molar-refractivity contribution in [2.75, 3.05) is 13.2 Å². The van der Waals surface area contributed by atoms with Crippen molar-refractivity contribution in [3.63, 3.8) is 0 Å². The van der Waals surface area contributed by atoms with E-state index in [1.165, 1.54) is 5.56 Å². The van der Waals surface area contributed by atoms with Gasteiger partial charge in [0.1, 0.15) is 11.9 Å². The van der Waals surface area contributed by atoms with E-state index in [-0.39, 0.29) is 18.8 Å². The second kappa shape index (κ2) is 7.30. The summed E-state index contributed by atoms with van der Waals surface area (Å²) in [6.07, 6.45) is 0.802. The summed E-state index contributed by atoms with van der Waals surface area (Å²) < 4.78 is 11.2. The van der Waals surface area contributed by atoms with Crippen LogP contribution in [0.4, 0.5) is 0 Å². The lowest BCUT2D eigenvalue weighted by Crippen LogP contribution is -2.24. The van der Waals surface area contributed by atoms with Crippen molar-refractivity contribution >= 4 is 0 Å². The van der Waals surface area contributed by atoms with E-state index < -0.39 is 0 Å². The van der Waals surface area contributed by atoms with Crippen LogP contribution in [0.25, 0.3) is 0 Å². The standard InChI is InChI=1S/C14H22O3/c1-4-13-7-5-6-8-14(13)17-12(3)10-16-11(2)9-15/h5-8,11-12,15H,4,9-10H2,1-3H3. The molecule has 0 heterocycles. The molecule has 0 spiro atoms. The average Bonchev–Trinajstić information content (AvgIpc) is 2.36. The topological polar surface area (TPSA) is 38.7 Å². The SMILES string of the molecule is CCc1ccccc1OC(C)COC(C)CO. The lowest BCUT2D eigenvalue weighted by atomic mass is 10.1. The summed E-state index contributed by atoms with van der Waals surface area (Å²) in [5.74, 6) is 0.919. The van der Waals surface area contributed by atoms with Crippen LogP contribution < -0.4 is 4.74 Å². The van der Waals surface area contributed by atoms with Crippen molar-refractivity contribution in [1.29, 1.82) is 0 Å². The summed E-state index contributed by atoms with van der Waals surface area (Å²) >= 11 is 0. The maximum Gasteiger partial charge on any atom is 0.123 e. The van der Waals surface area contributed by atoms with Gasteiger partial charge < -0.3 is 14.6 Å². The Kier molecular flexibility index (Phi) is 6.01. The minimum Gasteiger partial charge on any atom is -0.488 e. The number of hydrogen-bond acceptors (Lipinski definition) is 3. The van der Waals surface area contributed by atoms with Crippen LogP contribution in [0, 0.1) is 0 Å². The van der Waals surface area contributed by atoms with Gasteiger partial charge in [-0.1, -0.05) is 25.1 Å². The monoisotopic (exact) mass is 238 g/mol. The Hall–Kier alpha value is -1.06. The molecule has 0 fully saturated rings. The largest absolute Gasteiger partial charge is 0.488 e. The molecule has 3 heteroatoms. The van der Waals surface area contributed by atoms with Crippen LogP contribution in [0.1, 0.15) is 26.3 Å². The van der Waals surface area contributed by atoms with E-state index in [4.69, 9.17) is 14.6 Å². The Labute approximate surface area is 103 Å². The van der Waals surface area contributed by atoms with E-state index in [0.717, 1.165) is 12.2 Å². The van der Waals surface area contributed by atoms with Crippen LogP contribution in [0.3, 0.4) is 0 Å². The smallest absolute Gasteiger partial charge is 0.123 e. The highest BCUT2D eigenvalue weighted by molar-refractivity contribution is 5.33. The Bertz CT molecular complexity index is 325. The third-order valence-electron chi connectivity index (χ3n) is 2.55. The van der Waals surface area contributed by atoms with E-state index in [1.807, 2.05) is 32.0 Å². The van der Waals surface area contributed by atoms with Gasteiger partial charge in [-0.05, 0) is 31.9 Å². The summed E-state index contributed by atoms with van der Waals surface area (Å²) in [4.78, 5) is 0. The molecule has 0 saturated heterocycles. The zero-order chi connectivity index (χ0) is 12.7. The molecular weight excluding hydrogens is 216 g/mol. The quantitative estimate of drug-likeness (QED) is 0.793. The number of benzene rings is 1. The highest BCUT2D eigenvalue weighted by atomic mass is 16.5. The summed E-state index contributed by atoms with van der Waals surface area (Å²) in [6.45, 7) is 6.44. The first-order valence-corrected chi connectivity index (χ1v) is 6.14. The summed E-state index contributed by atoms with van der Waals surface area (Å²) in [6, 6.07) is 8.03. The maximum atomic E-state index is 8.85. The first kappa shape index (κ1) is 14.0. The van der Waals surface area contributed by atoms with Crippen molar-refractivity contribution in [3.8, 4) is 5.75 Å². The molecule has 96 valence electrons. The Morgan fingerprint density at radius 3 is 2.53 bits per heavy atom. The number of aryl methyl sites for hydroxylation is 1. The molecule has 1 aromatic carbocycles. The minimum absolute atomic E-state index is 0.0169. The number of aliphatic hydroxyl groups is 1. The Balaban J connectivity index is 2.47. The van der Waals surface area contributed by atoms with Crippen LogP contribution in [0.5, 0.6) is 5.75 Å². The fraction of sp³-hybridized carbons (Fsp3) is 0.571. The van der Waals surface area contributed by atoms with E-state index in [1.54, 1.807) is 0 Å². The van der Waals surface area contributed by atoms with Crippen LogP contribution in [-0.2, 0) is 11.2 Å². The van der Waals surface area contributed by atoms with Crippen molar-refractivity contribution in [3.05, 3.63) is 29.8 Å². The molecule has 0 aliphatic carbocycles. The van der Waals surface area contributed by atoms with E-state index in [0.29, 0.717) is 6.61 Å². The summed E-state index contributed by atoms with van der Waals surface area (Å²) in [5, 5.41) is 8.85. The van der Waals surface area contributed by atoms with Crippen LogP contribution in [-0.4, -0.2) is 30.5 Å². The van der Waals surface area contributed by atoms with Crippen LogP contribution in [0.15, 0.2) is 24.3 Å². The summed E-state index contributed by atoms with van der Waals surface area (Å²) in [5.41, 5.74) is 1.20. The predicted octanol–water partition coefficient (Wildman–Crippen LogP) is 2.41. The number of hydrogen-bond donors (Lipinski definition) is 1. The number of rotatable bonds is 7. The van der Waals surface area contributed by atoms with Gasteiger partial charge in [-0.15, -0.1) is 0 Å². The maximum absolute atomic E-state index is 8.85. The second-order valence-electron chi connectivity index (χ2n) is 4.22. The molecular formula is C14H22O3. The molecule has 0 radical (unpaired) electrons. The van der Waals surface area contributed by atoms with Crippen molar-refractivity contribution < 1.29 is 14.6 Å². The highest BCUT2D eigenvalue weighted by Gasteiger charge is 2.09. The lowest BCUT2D eigenvalue weighted by Gasteiger charge is -2.19. The van der Waals surface area contributed by atoms with Gasteiger partial charge in [0.15, 0.2) is 0 Å². The number of aliphatic hydroxyl groups excluding tert-OH is 1. The van der Waals surface area contributed by atoms with Gasteiger partial charge in [0.2, 0.25) is 0 Å². The molecule has 17 heavy (non-hydrogen) atoms. The first-order chi connectivity index (χ1) is 8.17. The van der Waals surface area contributed by atoms with Gasteiger partial charge in [-0.2, -0.15) is 0 Å². The molecule has 1 rings (SSSR count). The fourth-order valence-electron chi connectivity index (χ4n) is 1.51. The summed E-state index contributed by atoms with van der Waals surface area (Å²) in [7, 11) is 0. The third kappa shape index (κ3) is 4.75. The van der Waals surface area contributed by atoms with Gasteiger partial charge in [0.25, 0.3) is 0 Å². The minimum atomic E-state index is -0.137.